The Morgan fingerprint density at radius 1 is 1.26 bits per heavy atom. The van der Waals surface area contributed by atoms with Crippen LogP contribution in [0.25, 0.3) is 6.08 Å². The van der Waals surface area contributed by atoms with Crippen LogP contribution in [0.2, 0.25) is 0 Å². The topological polar surface area (TPSA) is 109 Å². The Morgan fingerprint density at radius 3 is 2.42 bits per heavy atom. The molecule has 6 heteroatoms. The van der Waals surface area contributed by atoms with Crippen LogP contribution in [-0.2, 0) is 14.4 Å². The zero-order chi connectivity index (χ0) is 14.3. The number of nitrogens with one attached hydrogen (secondary N) is 1. The van der Waals surface area contributed by atoms with Crippen molar-refractivity contribution in [3.05, 3.63) is 42.0 Å². The minimum atomic E-state index is -1.31. The third kappa shape index (κ3) is 5.49. The first kappa shape index (κ1) is 14.4. The lowest BCUT2D eigenvalue weighted by Crippen LogP contribution is -2.42. The molecular formula is C13H14N2O4. The number of aliphatic carboxylic acids is 1. The number of primary amides is 1. The van der Waals surface area contributed by atoms with Crippen LogP contribution in [0.5, 0.6) is 0 Å². The second kappa shape index (κ2) is 6.95. The normalized spacial score (nSPS) is 12.0. The van der Waals surface area contributed by atoms with E-state index in [-0.39, 0.29) is 0 Å². The van der Waals surface area contributed by atoms with E-state index in [2.05, 4.69) is 5.32 Å². The summed E-state index contributed by atoms with van der Waals surface area (Å²) in [6.45, 7) is 0. The number of carbonyl (C=O) groups excluding carboxylic acids is 2. The summed E-state index contributed by atoms with van der Waals surface area (Å²) in [7, 11) is 0. The molecule has 1 atom stereocenters. The predicted molar refractivity (Wildman–Crippen MR) is 68.9 cm³/mol. The number of amides is 2. The van der Waals surface area contributed by atoms with Crippen LogP contribution < -0.4 is 11.1 Å². The van der Waals surface area contributed by atoms with E-state index in [4.69, 9.17) is 10.8 Å². The van der Waals surface area contributed by atoms with Crippen LogP contribution in [0.15, 0.2) is 36.4 Å². The Bertz CT molecular complexity index is 497. The first-order valence-corrected chi connectivity index (χ1v) is 5.54. The summed E-state index contributed by atoms with van der Waals surface area (Å²) in [5.41, 5.74) is 5.71. The molecule has 0 aliphatic carbocycles. The van der Waals surface area contributed by atoms with Gasteiger partial charge in [0, 0.05) is 6.08 Å². The van der Waals surface area contributed by atoms with Gasteiger partial charge >= 0.3 is 5.97 Å². The Labute approximate surface area is 109 Å². The van der Waals surface area contributed by atoms with E-state index in [0.717, 1.165) is 5.56 Å². The molecule has 0 saturated heterocycles. The number of carboxylic acid groups (broad SMARTS) is 1. The first-order valence-electron chi connectivity index (χ1n) is 5.54. The molecular weight excluding hydrogens is 248 g/mol. The molecule has 0 radical (unpaired) electrons. The average Bonchev–Trinajstić information content (AvgIpc) is 2.36. The third-order valence-electron chi connectivity index (χ3n) is 2.25. The summed E-state index contributed by atoms with van der Waals surface area (Å²) in [5.74, 6) is -2.70. The number of carbonyl (C=O) groups is 3. The summed E-state index contributed by atoms with van der Waals surface area (Å²) in [6.07, 6.45) is 2.30. The van der Waals surface area contributed by atoms with Crippen molar-refractivity contribution in [2.75, 3.05) is 0 Å². The molecule has 2 amide bonds. The standard InChI is InChI=1S/C13H14N2O4/c14-11(16)8-10(13(18)19)15-12(17)7-6-9-4-2-1-3-5-9/h1-7,10H,8H2,(H2,14,16)(H,15,17)(H,18,19)/b7-6+/t10-/m0/s1. The predicted octanol–water partition coefficient (Wildman–Crippen LogP) is 0.145. The fourth-order valence-corrected chi connectivity index (χ4v) is 1.36. The van der Waals surface area contributed by atoms with Crippen LogP contribution >= 0.6 is 0 Å². The molecule has 0 spiro atoms. The van der Waals surface area contributed by atoms with Gasteiger partial charge in [-0.15, -0.1) is 0 Å². The average molecular weight is 262 g/mol. The van der Waals surface area contributed by atoms with Gasteiger partial charge in [0.05, 0.1) is 6.42 Å². The number of benzene rings is 1. The van der Waals surface area contributed by atoms with Gasteiger partial charge in [-0.05, 0) is 11.6 Å². The molecule has 0 aromatic heterocycles. The van der Waals surface area contributed by atoms with Crippen LogP contribution in [-0.4, -0.2) is 28.9 Å². The number of rotatable bonds is 6. The molecule has 0 fully saturated rings. The minimum Gasteiger partial charge on any atom is -0.480 e. The highest BCUT2D eigenvalue weighted by Gasteiger charge is 2.20. The maximum Gasteiger partial charge on any atom is 0.326 e. The van der Waals surface area contributed by atoms with Crippen molar-refractivity contribution < 1.29 is 19.5 Å². The summed E-state index contributed by atoms with van der Waals surface area (Å²) in [5, 5.41) is 11.0. The van der Waals surface area contributed by atoms with Crippen molar-refractivity contribution in [2.45, 2.75) is 12.5 Å². The lowest BCUT2D eigenvalue weighted by atomic mass is 10.2. The van der Waals surface area contributed by atoms with Gasteiger partial charge in [0.15, 0.2) is 0 Å². The van der Waals surface area contributed by atoms with Crippen molar-refractivity contribution in [3.63, 3.8) is 0 Å². The second-order valence-corrected chi connectivity index (χ2v) is 3.81. The molecule has 0 saturated carbocycles. The minimum absolute atomic E-state index is 0.444. The maximum absolute atomic E-state index is 11.5. The van der Waals surface area contributed by atoms with E-state index in [9.17, 15) is 14.4 Å². The van der Waals surface area contributed by atoms with Crippen molar-refractivity contribution in [3.8, 4) is 0 Å². The van der Waals surface area contributed by atoms with Crippen LogP contribution in [0.3, 0.4) is 0 Å². The zero-order valence-electron chi connectivity index (χ0n) is 10.1. The smallest absolute Gasteiger partial charge is 0.326 e. The number of hydrogen-bond donors (Lipinski definition) is 3. The Kier molecular flexibility index (Phi) is 5.28. The Morgan fingerprint density at radius 2 is 1.89 bits per heavy atom. The molecule has 19 heavy (non-hydrogen) atoms. The van der Waals surface area contributed by atoms with Gasteiger partial charge in [0.2, 0.25) is 11.8 Å². The van der Waals surface area contributed by atoms with E-state index >= 15 is 0 Å². The molecule has 0 aliphatic rings. The van der Waals surface area contributed by atoms with Gasteiger partial charge in [-0.2, -0.15) is 0 Å². The highest BCUT2D eigenvalue weighted by atomic mass is 16.4. The molecule has 6 nitrogen and oxygen atoms in total. The summed E-state index contributed by atoms with van der Waals surface area (Å²) < 4.78 is 0. The van der Waals surface area contributed by atoms with Crippen molar-refractivity contribution in [2.24, 2.45) is 5.73 Å². The lowest BCUT2D eigenvalue weighted by Gasteiger charge is -2.10. The molecule has 0 heterocycles. The first-order chi connectivity index (χ1) is 8.99. The van der Waals surface area contributed by atoms with Crippen molar-refractivity contribution in [1.29, 1.82) is 0 Å². The largest absolute Gasteiger partial charge is 0.480 e. The summed E-state index contributed by atoms with van der Waals surface area (Å²) >= 11 is 0. The third-order valence-corrected chi connectivity index (χ3v) is 2.25. The number of hydrogen-bond acceptors (Lipinski definition) is 3. The molecule has 100 valence electrons. The van der Waals surface area contributed by atoms with Crippen molar-refractivity contribution in [1.82, 2.24) is 5.32 Å². The van der Waals surface area contributed by atoms with Gasteiger partial charge in [0.1, 0.15) is 6.04 Å². The van der Waals surface area contributed by atoms with Crippen molar-refractivity contribution >= 4 is 23.9 Å². The quantitative estimate of drug-likeness (QED) is 0.633. The van der Waals surface area contributed by atoms with Gasteiger partial charge in [-0.25, -0.2) is 4.79 Å². The fourth-order valence-electron chi connectivity index (χ4n) is 1.36. The number of nitrogens with two attached hydrogens (primary N) is 1. The highest BCUT2D eigenvalue weighted by molar-refractivity contribution is 5.95. The molecule has 4 N–H and O–H groups in total. The Balaban J connectivity index is 2.60. The molecule has 1 aromatic rings. The fraction of sp³-hybridized carbons (Fsp3) is 0.154. The van der Waals surface area contributed by atoms with Gasteiger partial charge in [-0.1, -0.05) is 30.3 Å². The van der Waals surface area contributed by atoms with Gasteiger partial charge < -0.3 is 16.2 Å². The molecule has 0 bridgehead atoms. The molecule has 0 unspecified atom stereocenters. The maximum atomic E-state index is 11.5. The van der Waals surface area contributed by atoms with Gasteiger partial charge in [0.25, 0.3) is 0 Å². The molecule has 1 aromatic carbocycles. The van der Waals surface area contributed by atoms with E-state index in [1.807, 2.05) is 18.2 Å². The van der Waals surface area contributed by atoms with Crippen LogP contribution in [0, 0.1) is 0 Å². The lowest BCUT2D eigenvalue weighted by molar-refractivity contribution is -0.142. The van der Waals surface area contributed by atoms with E-state index in [1.165, 1.54) is 6.08 Å². The van der Waals surface area contributed by atoms with Gasteiger partial charge in [-0.3, -0.25) is 9.59 Å². The highest BCUT2D eigenvalue weighted by Crippen LogP contribution is 2.01. The zero-order valence-corrected chi connectivity index (χ0v) is 10.1. The van der Waals surface area contributed by atoms with Crippen LogP contribution in [0.1, 0.15) is 12.0 Å². The summed E-state index contributed by atoms with van der Waals surface area (Å²) in [6, 6.07) is 7.73. The van der Waals surface area contributed by atoms with E-state index < -0.39 is 30.2 Å². The second-order valence-electron chi connectivity index (χ2n) is 3.81. The Hall–Kier alpha value is -2.63. The summed E-state index contributed by atoms with van der Waals surface area (Å²) in [4.78, 5) is 33.0. The van der Waals surface area contributed by atoms with E-state index in [1.54, 1.807) is 18.2 Å². The SMILES string of the molecule is NC(=O)C[C@H](NC(=O)/C=C/c1ccccc1)C(=O)O. The monoisotopic (exact) mass is 262 g/mol. The molecule has 0 aliphatic heterocycles. The van der Waals surface area contributed by atoms with Crippen LogP contribution in [0.4, 0.5) is 0 Å². The van der Waals surface area contributed by atoms with E-state index in [0.29, 0.717) is 0 Å². The number of carboxylic acids is 1. The molecule has 1 rings (SSSR count).